The van der Waals surface area contributed by atoms with Crippen LogP contribution in [0.25, 0.3) is 0 Å². The van der Waals surface area contributed by atoms with E-state index < -0.39 is 12.1 Å². The standard InChI is InChI=1S/C29H49NO9/c1-6-24(31)36-14-10-8-12-35-13-9-11-15-37-26(33)18-23-19-28(3,4)21-29(5,20-23)22-30-27(34)39-17-16-38-25(32)7-2/h7,23H,2,6,8-22H2,1,3-5H3,(H,30,34). The third kappa shape index (κ3) is 16.8. The summed E-state index contributed by atoms with van der Waals surface area (Å²) in [4.78, 5) is 46.7. The highest BCUT2D eigenvalue weighted by Gasteiger charge is 2.42. The Bertz CT molecular complexity index is 783. The van der Waals surface area contributed by atoms with Gasteiger partial charge in [0.15, 0.2) is 0 Å². The van der Waals surface area contributed by atoms with E-state index in [1.807, 2.05) is 0 Å². The van der Waals surface area contributed by atoms with Crippen molar-refractivity contribution in [3.05, 3.63) is 12.7 Å². The second-order valence-electron chi connectivity index (χ2n) is 11.3. The van der Waals surface area contributed by atoms with Crippen LogP contribution in [0.1, 0.15) is 85.5 Å². The van der Waals surface area contributed by atoms with Crippen LogP contribution in [0.2, 0.25) is 0 Å². The number of alkyl carbamates (subject to hydrolysis) is 1. The molecule has 0 aromatic carbocycles. The van der Waals surface area contributed by atoms with Gasteiger partial charge in [-0.25, -0.2) is 9.59 Å². The molecule has 1 N–H and O–H groups in total. The van der Waals surface area contributed by atoms with E-state index in [2.05, 4.69) is 32.7 Å². The molecule has 1 fully saturated rings. The van der Waals surface area contributed by atoms with Crippen LogP contribution in [0, 0.1) is 16.7 Å². The molecule has 0 spiro atoms. The van der Waals surface area contributed by atoms with Gasteiger partial charge in [-0.15, -0.1) is 0 Å². The van der Waals surface area contributed by atoms with Gasteiger partial charge in [-0.2, -0.15) is 0 Å². The second kappa shape index (κ2) is 18.6. The Hall–Kier alpha value is -2.62. The van der Waals surface area contributed by atoms with Crippen LogP contribution in [0.4, 0.5) is 4.79 Å². The molecule has 0 aromatic heterocycles. The Kier molecular flexibility index (Phi) is 16.4. The quantitative estimate of drug-likeness (QED) is 0.104. The number of amides is 1. The fraction of sp³-hybridized carbons (Fsp3) is 0.793. The molecular formula is C29H49NO9. The summed E-state index contributed by atoms with van der Waals surface area (Å²) in [5, 5.41) is 2.82. The number of carbonyl (C=O) groups is 4. The SMILES string of the molecule is C=CC(=O)OCCOC(=O)NCC1(C)CC(CC(=O)OCCCCOCCCCOC(=O)CC)CC(C)(C)C1. The summed E-state index contributed by atoms with van der Waals surface area (Å²) in [7, 11) is 0. The zero-order valence-electron chi connectivity index (χ0n) is 24.3. The van der Waals surface area contributed by atoms with Gasteiger partial charge in [0.1, 0.15) is 13.2 Å². The average molecular weight is 556 g/mol. The lowest BCUT2D eigenvalue weighted by Crippen LogP contribution is -2.44. The van der Waals surface area contributed by atoms with E-state index in [0.717, 1.165) is 51.0 Å². The van der Waals surface area contributed by atoms with Crippen LogP contribution in [0.15, 0.2) is 12.7 Å². The van der Waals surface area contributed by atoms with E-state index in [0.29, 0.717) is 45.8 Å². The van der Waals surface area contributed by atoms with Gasteiger partial charge in [0.2, 0.25) is 0 Å². The van der Waals surface area contributed by atoms with Gasteiger partial charge in [-0.3, -0.25) is 9.59 Å². The number of rotatable bonds is 19. The smallest absolute Gasteiger partial charge is 0.407 e. The minimum atomic E-state index is -0.564. The van der Waals surface area contributed by atoms with E-state index in [9.17, 15) is 19.2 Å². The molecule has 0 heterocycles. The first kappa shape index (κ1) is 34.4. The van der Waals surface area contributed by atoms with Gasteiger partial charge < -0.3 is 29.0 Å². The molecule has 39 heavy (non-hydrogen) atoms. The summed E-state index contributed by atoms with van der Waals surface area (Å²) >= 11 is 0. The Morgan fingerprint density at radius 2 is 1.41 bits per heavy atom. The normalized spacial score (nSPS) is 19.9. The molecule has 2 atom stereocenters. The minimum Gasteiger partial charge on any atom is -0.466 e. The van der Waals surface area contributed by atoms with Crippen LogP contribution >= 0.6 is 0 Å². The molecule has 2 unspecified atom stereocenters. The Labute approximate surface area is 233 Å². The van der Waals surface area contributed by atoms with Crippen LogP contribution in [0.5, 0.6) is 0 Å². The van der Waals surface area contributed by atoms with Gasteiger partial charge in [-0.05, 0) is 61.7 Å². The summed E-state index contributed by atoms with van der Waals surface area (Å²) in [6, 6.07) is 0. The maximum atomic E-state index is 12.5. The number of ether oxygens (including phenoxy) is 5. The summed E-state index contributed by atoms with van der Waals surface area (Å²) in [5.74, 6) is -0.763. The predicted molar refractivity (Wildman–Crippen MR) is 146 cm³/mol. The monoisotopic (exact) mass is 555 g/mol. The topological polar surface area (TPSA) is 126 Å². The number of hydrogen-bond acceptors (Lipinski definition) is 9. The number of hydrogen-bond donors (Lipinski definition) is 1. The van der Waals surface area contributed by atoms with E-state index in [1.54, 1.807) is 6.92 Å². The van der Waals surface area contributed by atoms with Crippen molar-refractivity contribution in [3.8, 4) is 0 Å². The van der Waals surface area contributed by atoms with Crippen molar-refractivity contribution in [2.24, 2.45) is 16.7 Å². The molecule has 1 aliphatic carbocycles. The first-order valence-electron chi connectivity index (χ1n) is 14.1. The molecule has 0 aliphatic heterocycles. The van der Waals surface area contributed by atoms with Crippen molar-refractivity contribution >= 4 is 24.0 Å². The van der Waals surface area contributed by atoms with E-state index in [4.69, 9.17) is 23.7 Å². The number of nitrogens with one attached hydrogen (secondary N) is 1. The lowest BCUT2D eigenvalue weighted by molar-refractivity contribution is -0.146. The summed E-state index contributed by atoms with van der Waals surface area (Å²) in [6.45, 7) is 14.0. The summed E-state index contributed by atoms with van der Waals surface area (Å²) in [6.07, 6.45) is 7.05. The Balaban J connectivity index is 2.23. The average Bonchev–Trinajstić information content (AvgIpc) is 2.87. The molecule has 10 heteroatoms. The van der Waals surface area contributed by atoms with Gasteiger partial charge in [0.05, 0.1) is 13.2 Å². The molecule has 1 saturated carbocycles. The minimum absolute atomic E-state index is 0.0252. The largest absolute Gasteiger partial charge is 0.466 e. The summed E-state index contributed by atoms with van der Waals surface area (Å²) < 4.78 is 25.9. The third-order valence-corrected chi connectivity index (χ3v) is 6.55. The maximum absolute atomic E-state index is 12.5. The van der Waals surface area contributed by atoms with Crippen molar-refractivity contribution in [1.82, 2.24) is 5.32 Å². The first-order chi connectivity index (χ1) is 18.5. The molecule has 0 aromatic rings. The highest BCUT2D eigenvalue weighted by Crippen LogP contribution is 2.49. The second-order valence-corrected chi connectivity index (χ2v) is 11.3. The molecule has 0 bridgehead atoms. The Morgan fingerprint density at radius 1 is 0.821 bits per heavy atom. The van der Waals surface area contributed by atoms with Gasteiger partial charge in [0, 0.05) is 38.7 Å². The van der Waals surface area contributed by atoms with Crippen LogP contribution < -0.4 is 5.32 Å². The number of carbonyl (C=O) groups excluding carboxylic acids is 4. The molecule has 0 saturated heterocycles. The predicted octanol–water partition coefficient (Wildman–Crippen LogP) is 4.74. The van der Waals surface area contributed by atoms with Gasteiger partial charge >= 0.3 is 24.0 Å². The number of unbranched alkanes of at least 4 members (excludes halogenated alkanes) is 2. The van der Waals surface area contributed by atoms with Crippen molar-refractivity contribution in [1.29, 1.82) is 0 Å². The summed E-state index contributed by atoms with van der Waals surface area (Å²) in [5.41, 5.74) is -0.159. The highest BCUT2D eigenvalue weighted by molar-refractivity contribution is 5.81. The Morgan fingerprint density at radius 3 is 2.03 bits per heavy atom. The van der Waals surface area contributed by atoms with Crippen LogP contribution in [-0.2, 0) is 38.1 Å². The van der Waals surface area contributed by atoms with Crippen molar-refractivity contribution in [2.45, 2.75) is 85.5 Å². The van der Waals surface area contributed by atoms with Gasteiger partial charge in [0.25, 0.3) is 0 Å². The molecule has 1 aliphatic rings. The molecule has 0 radical (unpaired) electrons. The maximum Gasteiger partial charge on any atom is 0.407 e. The molecule has 1 amide bonds. The van der Waals surface area contributed by atoms with Gasteiger partial charge in [-0.1, -0.05) is 34.3 Å². The van der Waals surface area contributed by atoms with Crippen molar-refractivity contribution in [2.75, 3.05) is 46.2 Å². The van der Waals surface area contributed by atoms with Crippen molar-refractivity contribution in [3.63, 3.8) is 0 Å². The van der Waals surface area contributed by atoms with E-state index in [-0.39, 0.29) is 41.9 Å². The fourth-order valence-electron chi connectivity index (χ4n) is 5.28. The first-order valence-corrected chi connectivity index (χ1v) is 14.1. The molecule has 224 valence electrons. The lowest BCUT2D eigenvalue weighted by Gasteiger charge is -2.46. The number of esters is 3. The lowest BCUT2D eigenvalue weighted by atomic mass is 9.60. The molecule has 10 nitrogen and oxygen atoms in total. The van der Waals surface area contributed by atoms with Crippen LogP contribution in [-0.4, -0.2) is 70.2 Å². The third-order valence-electron chi connectivity index (χ3n) is 6.55. The van der Waals surface area contributed by atoms with E-state index in [1.165, 1.54) is 0 Å². The zero-order valence-corrected chi connectivity index (χ0v) is 24.3. The van der Waals surface area contributed by atoms with Crippen molar-refractivity contribution < 1.29 is 42.9 Å². The highest BCUT2D eigenvalue weighted by atomic mass is 16.6. The molecular weight excluding hydrogens is 506 g/mol. The van der Waals surface area contributed by atoms with E-state index >= 15 is 0 Å². The fourth-order valence-corrected chi connectivity index (χ4v) is 5.28. The zero-order chi connectivity index (χ0) is 29.2. The van der Waals surface area contributed by atoms with Crippen LogP contribution in [0.3, 0.4) is 0 Å². The molecule has 1 rings (SSSR count).